The van der Waals surface area contributed by atoms with Crippen molar-refractivity contribution in [2.45, 2.75) is 25.0 Å². The number of aryl methyl sites for hydroxylation is 1. The highest BCUT2D eigenvalue weighted by atomic mass is 35.5. The molecule has 1 aliphatic heterocycles. The summed E-state index contributed by atoms with van der Waals surface area (Å²) < 4.78 is 0. The number of carbonyl (C=O) groups excluding carboxylic acids is 2. The predicted octanol–water partition coefficient (Wildman–Crippen LogP) is 3.81. The fourth-order valence-corrected chi connectivity index (χ4v) is 3.77. The van der Waals surface area contributed by atoms with Crippen LogP contribution < -0.4 is 10.6 Å². The first-order valence-corrected chi connectivity index (χ1v) is 9.89. The number of thioether (sulfide) groups is 1. The fraction of sp³-hybridized carbons (Fsp3) is 0.250. The number of benzene rings is 2. The van der Waals surface area contributed by atoms with E-state index in [0.717, 1.165) is 12.0 Å². The summed E-state index contributed by atoms with van der Waals surface area (Å²) in [5.41, 5.74) is 2.76. The number of amides is 2. The number of hydrogen-bond donors (Lipinski definition) is 2. The van der Waals surface area contributed by atoms with Crippen LogP contribution in [0.4, 0.5) is 5.69 Å². The molecule has 2 amide bonds. The van der Waals surface area contributed by atoms with Gasteiger partial charge in [-0.3, -0.25) is 14.6 Å². The quantitative estimate of drug-likeness (QED) is 0.773. The Morgan fingerprint density at radius 3 is 2.78 bits per heavy atom. The normalized spacial score (nSPS) is 17.8. The lowest BCUT2D eigenvalue weighted by Gasteiger charge is -2.08. The standard InChI is InChI=1S/C20H20ClN3O2S/c1-13-7-8-15(11-16(13)21)23-18(25)12-17-19(26)24-20(27-17)22-10-9-14-5-3-2-4-6-14/h2-8,11,17H,9-10,12H2,1H3,(H,23,25)(H,22,24,26)/t17-/m1/s1. The molecule has 0 aliphatic carbocycles. The van der Waals surface area contributed by atoms with E-state index < -0.39 is 5.25 Å². The van der Waals surface area contributed by atoms with Crippen molar-refractivity contribution in [2.75, 3.05) is 11.9 Å². The highest BCUT2D eigenvalue weighted by molar-refractivity contribution is 8.15. The monoisotopic (exact) mass is 401 g/mol. The molecule has 1 fully saturated rings. The number of carbonyl (C=O) groups is 2. The first kappa shape index (κ1) is 19.5. The van der Waals surface area contributed by atoms with Crippen molar-refractivity contribution in [1.29, 1.82) is 0 Å². The number of anilines is 1. The summed E-state index contributed by atoms with van der Waals surface area (Å²) >= 11 is 7.37. The summed E-state index contributed by atoms with van der Waals surface area (Å²) in [7, 11) is 0. The number of aliphatic imine (C=N–C) groups is 1. The highest BCUT2D eigenvalue weighted by Gasteiger charge is 2.31. The van der Waals surface area contributed by atoms with Crippen LogP contribution in [0.3, 0.4) is 0 Å². The highest BCUT2D eigenvalue weighted by Crippen LogP contribution is 2.24. The molecule has 0 radical (unpaired) electrons. The number of nitrogens with zero attached hydrogens (tertiary/aromatic N) is 1. The molecule has 1 atom stereocenters. The van der Waals surface area contributed by atoms with Gasteiger partial charge in [-0.2, -0.15) is 0 Å². The summed E-state index contributed by atoms with van der Waals surface area (Å²) in [6.45, 7) is 2.49. The van der Waals surface area contributed by atoms with Crippen LogP contribution in [0, 0.1) is 6.92 Å². The molecular formula is C20H20ClN3O2S. The SMILES string of the molecule is Cc1ccc(NC(=O)C[C@H]2SC(=NCCc3ccccc3)NC2=O)cc1Cl. The Hall–Kier alpha value is -2.31. The van der Waals surface area contributed by atoms with Gasteiger partial charge in [0.1, 0.15) is 5.25 Å². The zero-order valence-electron chi connectivity index (χ0n) is 14.9. The smallest absolute Gasteiger partial charge is 0.240 e. The molecule has 0 spiro atoms. The number of nitrogens with one attached hydrogen (secondary N) is 2. The van der Waals surface area contributed by atoms with Crippen LogP contribution in [-0.4, -0.2) is 28.8 Å². The molecule has 1 heterocycles. The van der Waals surface area contributed by atoms with E-state index in [1.54, 1.807) is 12.1 Å². The second-order valence-electron chi connectivity index (χ2n) is 6.23. The molecule has 140 valence electrons. The Kier molecular flexibility index (Phi) is 6.53. The van der Waals surface area contributed by atoms with Gasteiger partial charge in [0.2, 0.25) is 11.8 Å². The van der Waals surface area contributed by atoms with Crippen molar-refractivity contribution >= 4 is 46.0 Å². The lowest BCUT2D eigenvalue weighted by molar-refractivity contribution is -0.122. The number of rotatable bonds is 6. The molecule has 0 saturated carbocycles. The molecule has 1 saturated heterocycles. The van der Waals surface area contributed by atoms with Gasteiger partial charge in [-0.25, -0.2) is 0 Å². The first-order chi connectivity index (χ1) is 13.0. The van der Waals surface area contributed by atoms with E-state index in [1.165, 1.54) is 17.3 Å². The maximum atomic E-state index is 12.2. The van der Waals surface area contributed by atoms with Crippen LogP contribution in [0.1, 0.15) is 17.5 Å². The summed E-state index contributed by atoms with van der Waals surface area (Å²) in [6.07, 6.45) is 0.889. The summed E-state index contributed by atoms with van der Waals surface area (Å²) in [5, 5.41) is 6.23. The fourth-order valence-electron chi connectivity index (χ4n) is 2.60. The number of hydrogen-bond acceptors (Lipinski definition) is 4. The lowest BCUT2D eigenvalue weighted by Crippen LogP contribution is -2.28. The van der Waals surface area contributed by atoms with E-state index in [1.807, 2.05) is 43.3 Å². The van der Waals surface area contributed by atoms with Crippen molar-refractivity contribution in [3.63, 3.8) is 0 Å². The third kappa shape index (κ3) is 5.58. The third-order valence-electron chi connectivity index (χ3n) is 4.10. The Morgan fingerprint density at radius 2 is 2.04 bits per heavy atom. The third-order valence-corrected chi connectivity index (χ3v) is 5.63. The minimum Gasteiger partial charge on any atom is -0.326 e. The zero-order chi connectivity index (χ0) is 19.2. The van der Waals surface area contributed by atoms with E-state index in [-0.39, 0.29) is 18.2 Å². The van der Waals surface area contributed by atoms with Crippen LogP contribution in [0.25, 0.3) is 0 Å². The van der Waals surface area contributed by atoms with E-state index >= 15 is 0 Å². The molecule has 0 unspecified atom stereocenters. The van der Waals surface area contributed by atoms with Gasteiger partial charge >= 0.3 is 0 Å². The minimum absolute atomic E-state index is 0.0830. The molecular weight excluding hydrogens is 382 g/mol. The van der Waals surface area contributed by atoms with Gasteiger partial charge in [0.05, 0.1) is 0 Å². The second kappa shape index (κ2) is 9.06. The van der Waals surface area contributed by atoms with Crippen molar-refractivity contribution < 1.29 is 9.59 Å². The van der Waals surface area contributed by atoms with Crippen LogP contribution in [0.15, 0.2) is 53.5 Å². The van der Waals surface area contributed by atoms with Crippen molar-refractivity contribution in [3.05, 3.63) is 64.7 Å². The molecule has 2 aromatic carbocycles. The average molecular weight is 402 g/mol. The molecule has 3 rings (SSSR count). The number of halogens is 1. The van der Waals surface area contributed by atoms with Gasteiger partial charge in [0, 0.05) is 23.7 Å². The molecule has 27 heavy (non-hydrogen) atoms. The van der Waals surface area contributed by atoms with E-state index in [4.69, 9.17) is 11.6 Å². The maximum absolute atomic E-state index is 12.2. The Morgan fingerprint density at radius 1 is 1.26 bits per heavy atom. The van der Waals surface area contributed by atoms with Gasteiger partial charge in [-0.15, -0.1) is 0 Å². The summed E-state index contributed by atoms with van der Waals surface area (Å²) in [4.78, 5) is 28.7. The summed E-state index contributed by atoms with van der Waals surface area (Å²) in [6, 6.07) is 15.4. The van der Waals surface area contributed by atoms with Gasteiger partial charge in [0.25, 0.3) is 0 Å². The molecule has 2 aromatic rings. The van der Waals surface area contributed by atoms with Crippen molar-refractivity contribution in [2.24, 2.45) is 4.99 Å². The van der Waals surface area contributed by atoms with Crippen LogP contribution in [-0.2, 0) is 16.0 Å². The van der Waals surface area contributed by atoms with Crippen molar-refractivity contribution in [1.82, 2.24) is 5.32 Å². The van der Waals surface area contributed by atoms with Gasteiger partial charge in [-0.1, -0.05) is 59.8 Å². The molecule has 7 heteroatoms. The molecule has 5 nitrogen and oxygen atoms in total. The maximum Gasteiger partial charge on any atom is 0.240 e. The topological polar surface area (TPSA) is 70.6 Å². The Labute approximate surface area is 167 Å². The van der Waals surface area contributed by atoms with Crippen LogP contribution >= 0.6 is 23.4 Å². The second-order valence-corrected chi connectivity index (χ2v) is 7.83. The average Bonchev–Trinajstić information content (AvgIpc) is 2.98. The number of amidine groups is 1. The predicted molar refractivity (Wildman–Crippen MR) is 111 cm³/mol. The molecule has 0 bridgehead atoms. The minimum atomic E-state index is -0.471. The van der Waals surface area contributed by atoms with E-state index in [2.05, 4.69) is 15.6 Å². The van der Waals surface area contributed by atoms with E-state index in [0.29, 0.717) is 22.4 Å². The molecule has 1 aliphatic rings. The van der Waals surface area contributed by atoms with Crippen molar-refractivity contribution in [3.8, 4) is 0 Å². The Bertz CT molecular complexity index is 871. The largest absolute Gasteiger partial charge is 0.326 e. The van der Waals surface area contributed by atoms with Gasteiger partial charge in [0.15, 0.2) is 5.17 Å². The first-order valence-electron chi connectivity index (χ1n) is 8.63. The molecule has 0 aromatic heterocycles. The summed E-state index contributed by atoms with van der Waals surface area (Å²) in [5.74, 6) is -0.413. The zero-order valence-corrected chi connectivity index (χ0v) is 16.4. The Balaban J connectivity index is 1.50. The van der Waals surface area contributed by atoms with Gasteiger partial charge in [-0.05, 0) is 36.6 Å². The van der Waals surface area contributed by atoms with Crippen LogP contribution in [0.2, 0.25) is 5.02 Å². The van der Waals surface area contributed by atoms with E-state index in [9.17, 15) is 9.59 Å². The molecule has 2 N–H and O–H groups in total. The lowest BCUT2D eigenvalue weighted by atomic mass is 10.2. The van der Waals surface area contributed by atoms with Gasteiger partial charge < -0.3 is 10.6 Å². The van der Waals surface area contributed by atoms with Crippen LogP contribution in [0.5, 0.6) is 0 Å².